The van der Waals surface area contributed by atoms with Gasteiger partial charge < -0.3 is 4.90 Å². The minimum absolute atomic E-state index is 0.0450. The third-order valence-electron chi connectivity index (χ3n) is 3.24. The lowest BCUT2D eigenvalue weighted by Gasteiger charge is -2.26. The Morgan fingerprint density at radius 3 is 2.78 bits per heavy atom. The van der Waals surface area contributed by atoms with Crippen LogP contribution < -0.4 is 4.90 Å². The van der Waals surface area contributed by atoms with Crippen molar-refractivity contribution in [2.75, 3.05) is 23.5 Å². The van der Waals surface area contributed by atoms with E-state index in [1.165, 1.54) is 0 Å². The molecule has 0 saturated carbocycles. The standard InChI is InChI=1S/C12H13BrN2O2S/c1-15(9-5-6-18(16,17)8-9)12-4-2-3-11(13)10(12)7-14/h2-4,9H,5-6,8H2,1H3. The Morgan fingerprint density at radius 2 is 2.22 bits per heavy atom. The Hall–Kier alpha value is -1.06. The number of sulfone groups is 1. The first-order chi connectivity index (χ1) is 8.44. The van der Waals surface area contributed by atoms with Gasteiger partial charge in [0.15, 0.2) is 9.84 Å². The third-order valence-corrected chi connectivity index (χ3v) is 5.65. The van der Waals surface area contributed by atoms with Gasteiger partial charge in [0.05, 0.1) is 22.8 Å². The lowest BCUT2D eigenvalue weighted by atomic mass is 10.1. The first kappa shape index (κ1) is 13.4. The first-order valence-electron chi connectivity index (χ1n) is 5.56. The van der Waals surface area contributed by atoms with Gasteiger partial charge in [-0.1, -0.05) is 6.07 Å². The zero-order valence-corrected chi connectivity index (χ0v) is 12.3. The predicted molar refractivity (Wildman–Crippen MR) is 74.3 cm³/mol. The maximum Gasteiger partial charge on any atom is 0.152 e. The summed E-state index contributed by atoms with van der Waals surface area (Å²) < 4.78 is 23.7. The van der Waals surface area contributed by atoms with E-state index in [0.717, 1.165) is 10.2 Å². The number of hydrogen-bond donors (Lipinski definition) is 0. The number of hydrogen-bond acceptors (Lipinski definition) is 4. The fourth-order valence-corrected chi connectivity index (χ4v) is 4.41. The maximum atomic E-state index is 11.5. The molecule has 1 atom stereocenters. The minimum Gasteiger partial charge on any atom is -0.369 e. The zero-order valence-electron chi connectivity index (χ0n) is 9.93. The Bertz CT molecular complexity index is 607. The third kappa shape index (κ3) is 2.52. The molecule has 1 heterocycles. The normalized spacial score (nSPS) is 21.5. The largest absolute Gasteiger partial charge is 0.369 e. The van der Waals surface area contributed by atoms with E-state index in [1.54, 1.807) is 6.07 Å². The van der Waals surface area contributed by atoms with Crippen molar-refractivity contribution in [1.29, 1.82) is 5.26 Å². The molecule has 0 radical (unpaired) electrons. The SMILES string of the molecule is CN(c1cccc(Br)c1C#N)C1CCS(=O)(=O)C1. The van der Waals surface area contributed by atoms with E-state index in [4.69, 9.17) is 5.26 Å². The zero-order chi connectivity index (χ0) is 13.3. The summed E-state index contributed by atoms with van der Waals surface area (Å²) in [4.78, 5) is 1.90. The van der Waals surface area contributed by atoms with Crippen molar-refractivity contribution in [2.24, 2.45) is 0 Å². The summed E-state index contributed by atoms with van der Waals surface area (Å²) >= 11 is 3.34. The van der Waals surface area contributed by atoms with Crippen molar-refractivity contribution in [3.63, 3.8) is 0 Å². The Labute approximate surface area is 115 Å². The lowest BCUT2D eigenvalue weighted by molar-refractivity contribution is 0.601. The van der Waals surface area contributed by atoms with E-state index in [-0.39, 0.29) is 17.5 Å². The van der Waals surface area contributed by atoms with Crippen LogP contribution in [0.3, 0.4) is 0 Å². The molecular formula is C12H13BrN2O2S. The molecule has 1 aromatic rings. The van der Waals surface area contributed by atoms with Crippen molar-refractivity contribution < 1.29 is 8.42 Å². The monoisotopic (exact) mass is 328 g/mol. The highest BCUT2D eigenvalue weighted by molar-refractivity contribution is 9.10. The highest BCUT2D eigenvalue weighted by atomic mass is 79.9. The molecule has 18 heavy (non-hydrogen) atoms. The number of benzene rings is 1. The van der Waals surface area contributed by atoms with Gasteiger partial charge in [0.25, 0.3) is 0 Å². The topological polar surface area (TPSA) is 61.2 Å². The molecule has 1 aliphatic heterocycles. The summed E-state index contributed by atoms with van der Waals surface area (Å²) in [5, 5.41) is 9.17. The Balaban J connectivity index is 2.33. The van der Waals surface area contributed by atoms with Gasteiger partial charge in [-0.2, -0.15) is 5.26 Å². The van der Waals surface area contributed by atoms with E-state index in [1.807, 2.05) is 24.1 Å². The number of nitriles is 1. The lowest BCUT2D eigenvalue weighted by Crippen LogP contribution is -2.33. The van der Waals surface area contributed by atoms with Crippen LogP contribution in [0.4, 0.5) is 5.69 Å². The van der Waals surface area contributed by atoms with Crippen LogP contribution in [0.15, 0.2) is 22.7 Å². The van der Waals surface area contributed by atoms with Gasteiger partial charge in [0.1, 0.15) is 6.07 Å². The number of anilines is 1. The van der Waals surface area contributed by atoms with E-state index in [0.29, 0.717) is 12.0 Å². The molecule has 6 heteroatoms. The molecule has 0 aliphatic carbocycles. The van der Waals surface area contributed by atoms with Crippen LogP contribution in [0.5, 0.6) is 0 Å². The molecule has 1 saturated heterocycles. The molecule has 1 aliphatic rings. The van der Waals surface area contributed by atoms with Crippen LogP contribution in [0.1, 0.15) is 12.0 Å². The van der Waals surface area contributed by atoms with Gasteiger partial charge in [-0.05, 0) is 34.5 Å². The summed E-state index contributed by atoms with van der Waals surface area (Å²) in [6, 6.07) is 7.60. The molecule has 1 aromatic carbocycles. The van der Waals surface area contributed by atoms with Crippen molar-refractivity contribution in [3.05, 3.63) is 28.2 Å². The molecule has 96 valence electrons. The average molecular weight is 329 g/mol. The van der Waals surface area contributed by atoms with Crippen LogP contribution >= 0.6 is 15.9 Å². The molecular weight excluding hydrogens is 316 g/mol. The molecule has 0 amide bonds. The molecule has 0 aromatic heterocycles. The summed E-state index contributed by atoms with van der Waals surface area (Å²) in [5.74, 6) is 0.402. The van der Waals surface area contributed by atoms with Crippen LogP contribution in [-0.2, 0) is 9.84 Å². The van der Waals surface area contributed by atoms with E-state index in [2.05, 4.69) is 22.0 Å². The van der Waals surface area contributed by atoms with Crippen LogP contribution in [0.2, 0.25) is 0 Å². The molecule has 2 rings (SSSR count). The number of nitrogens with zero attached hydrogens (tertiary/aromatic N) is 2. The molecule has 1 fully saturated rings. The van der Waals surface area contributed by atoms with Crippen molar-refractivity contribution >= 4 is 31.5 Å². The molecule has 4 nitrogen and oxygen atoms in total. The quantitative estimate of drug-likeness (QED) is 0.832. The Morgan fingerprint density at radius 1 is 1.50 bits per heavy atom. The molecule has 1 unspecified atom stereocenters. The highest BCUT2D eigenvalue weighted by Crippen LogP contribution is 2.30. The smallest absolute Gasteiger partial charge is 0.152 e. The minimum atomic E-state index is -2.91. The van der Waals surface area contributed by atoms with Gasteiger partial charge in [0, 0.05) is 17.6 Å². The van der Waals surface area contributed by atoms with Crippen molar-refractivity contribution in [3.8, 4) is 6.07 Å². The van der Waals surface area contributed by atoms with E-state index in [9.17, 15) is 8.42 Å². The molecule has 0 bridgehead atoms. The second kappa shape index (κ2) is 4.90. The molecule has 0 spiro atoms. The van der Waals surface area contributed by atoms with Crippen LogP contribution in [-0.4, -0.2) is 33.0 Å². The fraction of sp³-hybridized carbons (Fsp3) is 0.417. The number of rotatable bonds is 2. The Kier molecular flexibility index (Phi) is 3.64. The molecule has 0 N–H and O–H groups in total. The highest BCUT2D eigenvalue weighted by Gasteiger charge is 2.31. The fourth-order valence-electron chi connectivity index (χ4n) is 2.19. The maximum absolute atomic E-state index is 11.5. The summed E-state index contributed by atoms with van der Waals surface area (Å²) in [6.07, 6.45) is 0.621. The van der Waals surface area contributed by atoms with Crippen molar-refractivity contribution in [2.45, 2.75) is 12.5 Å². The van der Waals surface area contributed by atoms with Crippen LogP contribution in [0.25, 0.3) is 0 Å². The van der Waals surface area contributed by atoms with Gasteiger partial charge in [-0.3, -0.25) is 0 Å². The van der Waals surface area contributed by atoms with Crippen molar-refractivity contribution in [1.82, 2.24) is 0 Å². The average Bonchev–Trinajstić information content (AvgIpc) is 2.68. The van der Waals surface area contributed by atoms with Gasteiger partial charge in [-0.15, -0.1) is 0 Å². The first-order valence-corrected chi connectivity index (χ1v) is 8.18. The predicted octanol–water partition coefficient (Wildman–Crippen LogP) is 1.94. The van der Waals surface area contributed by atoms with Crippen LogP contribution in [0, 0.1) is 11.3 Å². The van der Waals surface area contributed by atoms with E-state index >= 15 is 0 Å². The second-order valence-electron chi connectivity index (χ2n) is 4.41. The van der Waals surface area contributed by atoms with Gasteiger partial charge >= 0.3 is 0 Å². The van der Waals surface area contributed by atoms with Gasteiger partial charge in [0.2, 0.25) is 0 Å². The summed E-state index contributed by atoms with van der Waals surface area (Å²) in [5.41, 5.74) is 1.32. The summed E-state index contributed by atoms with van der Waals surface area (Å²) in [7, 11) is -1.07. The van der Waals surface area contributed by atoms with Gasteiger partial charge in [-0.25, -0.2) is 8.42 Å². The van der Waals surface area contributed by atoms with E-state index < -0.39 is 9.84 Å². The summed E-state index contributed by atoms with van der Waals surface area (Å²) in [6.45, 7) is 0. The second-order valence-corrected chi connectivity index (χ2v) is 7.50. The number of halogens is 1.